The van der Waals surface area contributed by atoms with Crippen LogP contribution in [0, 0.1) is 10.1 Å². The molecule has 0 saturated heterocycles. The molecule has 0 saturated carbocycles. The van der Waals surface area contributed by atoms with Gasteiger partial charge >= 0.3 is 0 Å². The Morgan fingerprint density at radius 2 is 2.08 bits per heavy atom. The van der Waals surface area contributed by atoms with Crippen molar-refractivity contribution in [3.8, 4) is 0 Å². The summed E-state index contributed by atoms with van der Waals surface area (Å²) in [5.74, 6) is -0.694. The van der Waals surface area contributed by atoms with Crippen LogP contribution in [0.2, 0.25) is 0 Å². The molecule has 1 amide bonds. The average Bonchev–Trinajstić information content (AvgIpc) is 3.01. The van der Waals surface area contributed by atoms with Crippen LogP contribution in [0.25, 0.3) is 10.2 Å². The van der Waals surface area contributed by atoms with Gasteiger partial charge in [-0.1, -0.05) is 11.8 Å². The van der Waals surface area contributed by atoms with E-state index in [9.17, 15) is 14.9 Å². The Morgan fingerprint density at radius 3 is 2.85 bits per heavy atom. The Morgan fingerprint density at radius 1 is 1.27 bits per heavy atom. The van der Waals surface area contributed by atoms with Crippen LogP contribution in [0.4, 0.5) is 5.69 Å². The minimum absolute atomic E-state index is 0.113. The monoisotopic (exact) mass is 386 g/mol. The van der Waals surface area contributed by atoms with Crippen molar-refractivity contribution in [2.45, 2.75) is 35.6 Å². The van der Waals surface area contributed by atoms with Crippen LogP contribution < -0.4 is 5.73 Å². The van der Waals surface area contributed by atoms with Crippen molar-refractivity contribution in [3.05, 3.63) is 50.6 Å². The van der Waals surface area contributed by atoms with E-state index in [1.54, 1.807) is 17.4 Å². The summed E-state index contributed by atoms with van der Waals surface area (Å²) in [6.45, 7) is 0. The van der Waals surface area contributed by atoms with Crippen LogP contribution in [0.15, 0.2) is 34.4 Å². The molecular formula is C17H14N4O3S2. The zero-order valence-electron chi connectivity index (χ0n) is 13.6. The highest BCUT2D eigenvalue weighted by atomic mass is 32.2. The van der Waals surface area contributed by atoms with Crippen LogP contribution in [0.1, 0.15) is 33.6 Å². The summed E-state index contributed by atoms with van der Waals surface area (Å²) in [6, 6.07) is 4.26. The maximum absolute atomic E-state index is 11.4. The topological polar surface area (TPSA) is 112 Å². The number of carbonyl (C=O) groups excluding carboxylic acids is 1. The predicted molar refractivity (Wildman–Crippen MR) is 99.8 cm³/mol. The average molecular weight is 386 g/mol. The van der Waals surface area contributed by atoms with Gasteiger partial charge in [0.1, 0.15) is 16.2 Å². The summed E-state index contributed by atoms with van der Waals surface area (Å²) >= 11 is 2.91. The van der Waals surface area contributed by atoms with Gasteiger partial charge in [-0.2, -0.15) is 0 Å². The highest BCUT2D eigenvalue weighted by Crippen LogP contribution is 2.42. The van der Waals surface area contributed by atoms with E-state index in [1.165, 1.54) is 47.1 Å². The van der Waals surface area contributed by atoms with Crippen LogP contribution in [-0.4, -0.2) is 20.8 Å². The summed E-state index contributed by atoms with van der Waals surface area (Å²) in [4.78, 5) is 33.7. The van der Waals surface area contributed by atoms with Gasteiger partial charge in [0, 0.05) is 21.9 Å². The van der Waals surface area contributed by atoms with Crippen molar-refractivity contribution in [1.29, 1.82) is 0 Å². The maximum atomic E-state index is 11.4. The van der Waals surface area contributed by atoms with E-state index in [-0.39, 0.29) is 11.3 Å². The third-order valence-corrected chi connectivity index (χ3v) is 6.63. The maximum Gasteiger partial charge on any atom is 0.284 e. The van der Waals surface area contributed by atoms with E-state index >= 15 is 0 Å². The normalized spacial score (nSPS) is 13.5. The SMILES string of the molecule is NC(=O)c1ccc(Sc2ncnc3sc4c(c23)CCCC4)c([N+](=O)[O-])c1. The Labute approximate surface area is 156 Å². The molecular weight excluding hydrogens is 372 g/mol. The van der Waals surface area contributed by atoms with Crippen molar-refractivity contribution in [2.75, 3.05) is 0 Å². The Hall–Kier alpha value is -2.52. The molecule has 3 aromatic rings. The number of aryl methyl sites for hydroxylation is 2. The molecule has 9 heteroatoms. The molecule has 2 aromatic heterocycles. The first-order valence-electron chi connectivity index (χ1n) is 8.06. The van der Waals surface area contributed by atoms with Gasteiger partial charge in [0.25, 0.3) is 5.69 Å². The molecule has 2 N–H and O–H groups in total. The molecule has 7 nitrogen and oxygen atoms in total. The fourth-order valence-electron chi connectivity index (χ4n) is 3.14. The first kappa shape index (κ1) is 16.9. The second-order valence-corrected chi connectivity index (χ2v) is 8.09. The van der Waals surface area contributed by atoms with E-state index in [2.05, 4.69) is 9.97 Å². The third-order valence-electron chi connectivity index (χ3n) is 4.36. The van der Waals surface area contributed by atoms with Gasteiger partial charge in [-0.3, -0.25) is 14.9 Å². The largest absolute Gasteiger partial charge is 0.366 e. The number of primary amides is 1. The molecule has 0 bridgehead atoms. The van der Waals surface area contributed by atoms with E-state index in [1.807, 2.05) is 0 Å². The van der Waals surface area contributed by atoms with Crippen LogP contribution >= 0.6 is 23.1 Å². The molecule has 1 aromatic carbocycles. The van der Waals surface area contributed by atoms with Crippen molar-refractivity contribution < 1.29 is 9.72 Å². The molecule has 132 valence electrons. The predicted octanol–water partition coefficient (Wildman–Crippen LogP) is 3.73. The third kappa shape index (κ3) is 2.93. The molecule has 1 aliphatic carbocycles. The van der Waals surface area contributed by atoms with E-state index in [0.29, 0.717) is 9.92 Å². The molecule has 1 aliphatic rings. The second kappa shape index (κ2) is 6.65. The Bertz CT molecular complexity index is 1050. The number of hydrogen-bond acceptors (Lipinski definition) is 7. The number of hydrogen-bond donors (Lipinski definition) is 1. The number of carbonyl (C=O) groups is 1. The second-order valence-electron chi connectivity index (χ2n) is 5.98. The fraction of sp³-hybridized carbons (Fsp3) is 0.235. The summed E-state index contributed by atoms with van der Waals surface area (Å²) in [5, 5.41) is 13.2. The van der Waals surface area contributed by atoms with Gasteiger partial charge < -0.3 is 5.73 Å². The number of rotatable bonds is 4. The van der Waals surface area contributed by atoms with Crippen molar-refractivity contribution >= 4 is 44.9 Å². The minimum atomic E-state index is -0.694. The number of nitrogens with two attached hydrogens (primary N) is 1. The molecule has 4 rings (SSSR count). The number of nitro groups is 1. The Kier molecular flexibility index (Phi) is 4.33. The van der Waals surface area contributed by atoms with Crippen molar-refractivity contribution in [1.82, 2.24) is 9.97 Å². The first-order valence-corrected chi connectivity index (χ1v) is 9.69. The Balaban J connectivity index is 1.82. The lowest BCUT2D eigenvalue weighted by Gasteiger charge is -2.11. The number of nitrogens with zero attached hydrogens (tertiary/aromatic N) is 3. The standard InChI is InChI=1S/C17H14N4O3S2/c18-15(22)9-5-6-13(11(7-9)21(23)24)26-17-14-10-3-1-2-4-12(10)25-16(14)19-8-20-17/h5-8H,1-4H2,(H2,18,22). The van der Waals surface area contributed by atoms with Gasteiger partial charge in [-0.05, 0) is 43.4 Å². The zero-order valence-corrected chi connectivity index (χ0v) is 15.2. The highest BCUT2D eigenvalue weighted by Gasteiger charge is 2.23. The van der Waals surface area contributed by atoms with Gasteiger partial charge in [0.15, 0.2) is 0 Å². The van der Waals surface area contributed by atoms with Crippen LogP contribution in [0.5, 0.6) is 0 Å². The number of amides is 1. The van der Waals surface area contributed by atoms with E-state index in [0.717, 1.165) is 29.5 Å². The van der Waals surface area contributed by atoms with Crippen LogP contribution in [-0.2, 0) is 12.8 Å². The number of thiophene rings is 1. The smallest absolute Gasteiger partial charge is 0.284 e. The zero-order chi connectivity index (χ0) is 18.3. The van der Waals surface area contributed by atoms with E-state index in [4.69, 9.17) is 5.73 Å². The summed E-state index contributed by atoms with van der Waals surface area (Å²) in [6.07, 6.45) is 5.84. The van der Waals surface area contributed by atoms with E-state index < -0.39 is 10.8 Å². The molecule has 0 spiro atoms. The summed E-state index contributed by atoms with van der Waals surface area (Å²) in [7, 11) is 0. The lowest BCUT2D eigenvalue weighted by Crippen LogP contribution is -2.11. The van der Waals surface area contributed by atoms with Gasteiger partial charge in [-0.15, -0.1) is 11.3 Å². The molecule has 0 radical (unpaired) electrons. The lowest BCUT2D eigenvalue weighted by atomic mass is 9.97. The summed E-state index contributed by atoms with van der Waals surface area (Å²) in [5.41, 5.74) is 6.47. The van der Waals surface area contributed by atoms with Gasteiger partial charge in [0.2, 0.25) is 5.91 Å². The first-order chi connectivity index (χ1) is 12.5. The van der Waals surface area contributed by atoms with Gasteiger partial charge in [-0.25, -0.2) is 9.97 Å². The quantitative estimate of drug-likeness (QED) is 0.415. The molecule has 0 aliphatic heterocycles. The molecule has 26 heavy (non-hydrogen) atoms. The minimum Gasteiger partial charge on any atom is -0.366 e. The highest BCUT2D eigenvalue weighted by molar-refractivity contribution is 7.99. The number of fused-ring (bicyclic) bond motifs is 3. The fourth-order valence-corrected chi connectivity index (χ4v) is 5.44. The van der Waals surface area contributed by atoms with Crippen LogP contribution in [0.3, 0.4) is 0 Å². The number of benzene rings is 1. The molecule has 0 atom stereocenters. The van der Waals surface area contributed by atoms with Crippen molar-refractivity contribution in [3.63, 3.8) is 0 Å². The molecule has 0 unspecified atom stereocenters. The van der Waals surface area contributed by atoms with Gasteiger partial charge in [0.05, 0.1) is 9.82 Å². The summed E-state index contributed by atoms with van der Waals surface area (Å²) < 4.78 is 0. The molecule has 2 heterocycles. The number of nitro benzene ring substituents is 1. The number of aromatic nitrogens is 2. The molecule has 0 fully saturated rings. The lowest BCUT2D eigenvalue weighted by molar-refractivity contribution is -0.387. The van der Waals surface area contributed by atoms with Crippen molar-refractivity contribution in [2.24, 2.45) is 5.73 Å².